The van der Waals surface area contributed by atoms with E-state index in [1.807, 2.05) is 18.2 Å². The SMILES string of the molecule is CC(C)(C)OC(=O)N1OCCC1C(=O)N[C@@H](Cc1ccccc1)C(=O)CCCC(=O)C(=O)O. The lowest BCUT2D eigenvalue weighted by atomic mass is 9.98. The highest BCUT2D eigenvalue weighted by Crippen LogP contribution is 2.20. The number of hydrogen-bond acceptors (Lipinski definition) is 7. The molecule has 2 amide bonds. The number of nitrogens with one attached hydrogen (secondary N) is 1. The summed E-state index contributed by atoms with van der Waals surface area (Å²) in [7, 11) is 0. The number of rotatable bonds is 10. The number of hydrogen-bond donors (Lipinski definition) is 2. The van der Waals surface area contributed by atoms with E-state index in [9.17, 15) is 24.0 Å². The molecule has 10 nitrogen and oxygen atoms in total. The molecular formula is C23H30N2O8. The van der Waals surface area contributed by atoms with E-state index in [0.29, 0.717) is 0 Å². The maximum absolute atomic E-state index is 13.0. The third-order valence-electron chi connectivity index (χ3n) is 4.83. The zero-order valence-electron chi connectivity index (χ0n) is 19.0. The second-order valence-electron chi connectivity index (χ2n) is 8.74. The van der Waals surface area contributed by atoms with Crippen LogP contribution in [0.1, 0.15) is 52.0 Å². The number of ether oxygens (including phenoxy) is 1. The minimum Gasteiger partial charge on any atom is -0.476 e. The van der Waals surface area contributed by atoms with Crippen LogP contribution in [0, 0.1) is 0 Å². The van der Waals surface area contributed by atoms with Crippen LogP contribution in [0.4, 0.5) is 4.79 Å². The number of benzene rings is 1. The molecule has 33 heavy (non-hydrogen) atoms. The summed E-state index contributed by atoms with van der Waals surface area (Å²) in [5.41, 5.74) is 0.0351. The topological polar surface area (TPSA) is 139 Å². The molecule has 180 valence electrons. The molecule has 2 N–H and O–H groups in total. The Balaban J connectivity index is 2.08. The largest absolute Gasteiger partial charge is 0.476 e. The molecule has 10 heteroatoms. The van der Waals surface area contributed by atoms with Crippen molar-refractivity contribution in [1.29, 1.82) is 0 Å². The zero-order valence-corrected chi connectivity index (χ0v) is 19.0. The Labute approximate surface area is 192 Å². The van der Waals surface area contributed by atoms with Gasteiger partial charge >= 0.3 is 12.1 Å². The van der Waals surface area contributed by atoms with Crippen molar-refractivity contribution < 1.29 is 38.7 Å². The fraction of sp³-hybridized carbons (Fsp3) is 0.522. The molecule has 1 heterocycles. The highest BCUT2D eigenvalue weighted by atomic mass is 16.7. The van der Waals surface area contributed by atoms with Crippen LogP contribution in [-0.4, -0.2) is 64.0 Å². The summed E-state index contributed by atoms with van der Waals surface area (Å²) in [6.45, 7) is 5.23. The Bertz CT molecular complexity index is 878. The average Bonchev–Trinajstić information content (AvgIpc) is 3.23. The van der Waals surface area contributed by atoms with E-state index in [-0.39, 0.29) is 44.5 Å². The van der Waals surface area contributed by atoms with Crippen molar-refractivity contribution in [3.05, 3.63) is 35.9 Å². The third kappa shape index (κ3) is 8.30. The van der Waals surface area contributed by atoms with Gasteiger partial charge in [0.05, 0.1) is 12.6 Å². The van der Waals surface area contributed by atoms with E-state index in [1.165, 1.54) is 0 Å². The van der Waals surface area contributed by atoms with Gasteiger partial charge in [0.2, 0.25) is 11.7 Å². The minimum absolute atomic E-state index is 0.0572. The minimum atomic E-state index is -1.54. The summed E-state index contributed by atoms with van der Waals surface area (Å²) in [6, 6.07) is 7.18. The van der Waals surface area contributed by atoms with E-state index in [1.54, 1.807) is 32.9 Å². The molecule has 0 bridgehead atoms. The fourth-order valence-corrected chi connectivity index (χ4v) is 3.26. The number of carbonyl (C=O) groups excluding carboxylic acids is 4. The van der Waals surface area contributed by atoms with Crippen LogP contribution >= 0.6 is 0 Å². The molecule has 2 atom stereocenters. The molecule has 2 rings (SSSR count). The first kappa shape index (κ1) is 26.0. The number of carboxylic acids is 1. The monoisotopic (exact) mass is 462 g/mol. The lowest BCUT2D eigenvalue weighted by Gasteiger charge is -2.27. The summed E-state index contributed by atoms with van der Waals surface area (Å²) in [5, 5.41) is 12.3. The Hall–Kier alpha value is -3.27. The molecule has 0 radical (unpaired) electrons. The summed E-state index contributed by atoms with van der Waals surface area (Å²) in [4.78, 5) is 65.5. The Morgan fingerprint density at radius 1 is 1.15 bits per heavy atom. The van der Waals surface area contributed by atoms with Crippen LogP contribution < -0.4 is 5.32 Å². The van der Waals surface area contributed by atoms with Gasteiger partial charge in [-0.05, 0) is 39.2 Å². The number of hydroxylamine groups is 2. The van der Waals surface area contributed by atoms with Gasteiger partial charge in [0.25, 0.3) is 0 Å². The molecule has 1 aromatic carbocycles. The van der Waals surface area contributed by atoms with Gasteiger partial charge in [-0.15, -0.1) is 0 Å². The standard InChI is InChI=1S/C23H30N2O8/c1-23(2,3)33-22(31)25-17(12-13-32-25)20(28)24-16(14-15-8-5-4-6-9-15)18(26)10-7-11-19(27)21(29)30/h4-6,8-9,16-17H,7,10-14H2,1-3H3,(H,24,28)(H,29,30)/t16-,17?/m0/s1. The Morgan fingerprint density at radius 3 is 2.42 bits per heavy atom. The highest BCUT2D eigenvalue weighted by molar-refractivity contribution is 6.32. The molecule has 1 aromatic rings. The van der Waals surface area contributed by atoms with E-state index in [4.69, 9.17) is 14.7 Å². The fourth-order valence-electron chi connectivity index (χ4n) is 3.26. The van der Waals surface area contributed by atoms with Crippen molar-refractivity contribution >= 4 is 29.5 Å². The maximum atomic E-state index is 13.0. The average molecular weight is 462 g/mol. The van der Waals surface area contributed by atoms with Crippen LogP contribution in [0.5, 0.6) is 0 Å². The number of carbonyl (C=O) groups is 5. The molecule has 1 fully saturated rings. The summed E-state index contributed by atoms with van der Waals surface area (Å²) in [6.07, 6.45) is -0.632. The summed E-state index contributed by atoms with van der Waals surface area (Å²) in [5.74, 6) is -3.41. The van der Waals surface area contributed by atoms with E-state index >= 15 is 0 Å². The van der Waals surface area contributed by atoms with Gasteiger partial charge in [-0.25, -0.2) is 9.59 Å². The van der Waals surface area contributed by atoms with Gasteiger partial charge in [-0.2, -0.15) is 5.06 Å². The quantitative estimate of drug-likeness (QED) is 0.504. The van der Waals surface area contributed by atoms with Gasteiger partial charge in [0.15, 0.2) is 5.78 Å². The van der Waals surface area contributed by atoms with Crippen molar-refractivity contribution in [1.82, 2.24) is 10.4 Å². The molecule has 1 unspecified atom stereocenters. The first-order valence-electron chi connectivity index (χ1n) is 10.8. The van der Waals surface area contributed by atoms with E-state index in [0.717, 1.165) is 10.6 Å². The van der Waals surface area contributed by atoms with Crippen molar-refractivity contribution in [3.8, 4) is 0 Å². The molecule has 1 aliphatic rings. The number of aliphatic carboxylic acids is 1. The third-order valence-corrected chi connectivity index (χ3v) is 4.83. The smallest absolute Gasteiger partial charge is 0.435 e. The second-order valence-corrected chi connectivity index (χ2v) is 8.74. The van der Waals surface area contributed by atoms with Gasteiger partial charge in [0, 0.05) is 19.3 Å². The molecule has 0 saturated carbocycles. The normalized spacial score (nSPS) is 16.7. The first-order chi connectivity index (χ1) is 15.5. The van der Waals surface area contributed by atoms with Crippen LogP contribution in [0.2, 0.25) is 0 Å². The number of Topliss-reactive ketones (excluding diaryl/α,β-unsaturated/α-hetero) is 2. The van der Waals surface area contributed by atoms with Crippen molar-refractivity contribution in [2.24, 2.45) is 0 Å². The lowest BCUT2D eigenvalue weighted by Crippen LogP contribution is -2.51. The van der Waals surface area contributed by atoms with Gasteiger partial charge in [-0.1, -0.05) is 30.3 Å². The molecular weight excluding hydrogens is 432 g/mol. The number of amides is 2. The van der Waals surface area contributed by atoms with Gasteiger partial charge < -0.3 is 15.2 Å². The Morgan fingerprint density at radius 2 is 1.82 bits per heavy atom. The molecule has 0 aromatic heterocycles. The lowest BCUT2D eigenvalue weighted by molar-refractivity contribution is -0.149. The molecule has 0 spiro atoms. The summed E-state index contributed by atoms with van der Waals surface area (Å²) >= 11 is 0. The Kier molecular flexibility index (Phi) is 9.10. The predicted octanol–water partition coefficient (Wildman–Crippen LogP) is 2.05. The van der Waals surface area contributed by atoms with E-state index < -0.39 is 41.4 Å². The first-order valence-corrected chi connectivity index (χ1v) is 10.8. The molecule has 0 aliphatic carbocycles. The van der Waals surface area contributed by atoms with Gasteiger partial charge in [0.1, 0.15) is 11.6 Å². The highest BCUT2D eigenvalue weighted by Gasteiger charge is 2.39. The van der Waals surface area contributed by atoms with Gasteiger partial charge in [-0.3, -0.25) is 19.2 Å². The van der Waals surface area contributed by atoms with Crippen LogP contribution in [-0.2, 0) is 35.2 Å². The van der Waals surface area contributed by atoms with Crippen LogP contribution in [0.15, 0.2) is 30.3 Å². The number of nitrogens with zero attached hydrogens (tertiary/aromatic N) is 1. The molecule has 1 saturated heterocycles. The number of carboxylic acid groups (broad SMARTS) is 1. The van der Waals surface area contributed by atoms with Crippen molar-refractivity contribution in [3.63, 3.8) is 0 Å². The van der Waals surface area contributed by atoms with Crippen LogP contribution in [0.25, 0.3) is 0 Å². The van der Waals surface area contributed by atoms with Crippen molar-refractivity contribution in [2.75, 3.05) is 6.61 Å². The van der Waals surface area contributed by atoms with E-state index in [2.05, 4.69) is 5.32 Å². The summed E-state index contributed by atoms with van der Waals surface area (Å²) < 4.78 is 5.28. The molecule has 1 aliphatic heterocycles. The zero-order chi connectivity index (χ0) is 24.6. The van der Waals surface area contributed by atoms with Crippen LogP contribution in [0.3, 0.4) is 0 Å². The maximum Gasteiger partial charge on any atom is 0.435 e. The van der Waals surface area contributed by atoms with Crippen molar-refractivity contribution in [2.45, 2.75) is 70.6 Å². The number of ketones is 2. The predicted molar refractivity (Wildman–Crippen MR) is 116 cm³/mol. The second kappa shape index (κ2) is 11.6.